The molecule has 2 aromatic carbocycles. The molecule has 160 valence electrons. The number of fused-ring (bicyclic) bond motifs is 1. The van der Waals surface area contributed by atoms with Crippen molar-refractivity contribution in [1.29, 1.82) is 0 Å². The van der Waals surface area contributed by atoms with Crippen LogP contribution in [0, 0.1) is 5.92 Å². The molecule has 3 aromatic rings. The van der Waals surface area contributed by atoms with Crippen molar-refractivity contribution in [2.45, 2.75) is 32.7 Å². The third-order valence-corrected chi connectivity index (χ3v) is 4.35. The highest BCUT2D eigenvalue weighted by Gasteiger charge is 2.31. The lowest BCUT2D eigenvalue weighted by Gasteiger charge is -2.17. The van der Waals surface area contributed by atoms with Gasteiger partial charge in [-0.3, -0.25) is 0 Å². The average Bonchev–Trinajstić information content (AvgIpc) is 2.65. The fraction of sp³-hybridized carbons (Fsp3) is 0.333. The largest absolute Gasteiger partial charge is 0.573 e. The van der Waals surface area contributed by atoms with Crippen molar-refractivity contribution in [3.63, 3.8) is 0 Å². The van der Waals surface area contributed by atoms with Crippen LogP contribution in [0.2, 0.25) is 0 Å². The average molecular weight is 420 g/mol. The Balaban J connectivity index is 2.00. The Bertz CT molecular complexity index is 1020. The first-order chi connectivity index (χ1) is 14.1. The molecule has 1 aromatic heterocycles. The van der Waals surface area contributed by atoms with Gasteiger partial charge in [-0.05, 0) is 42.7 Å². The number of aromatic hydroxyl groups is 1. The van der Waals surface area contributed by atoms with E-state index in [-0.39, 0.29) is 23.2 Å². The van der Waals surface area contributed by atoms with E-state index in [1.807, 2.05) is 12.1 Å². The van der Waals surface area contributed by atoms with Crippen LogP contribution in [0.15, 0.2) is 42.5 Å². The summed E-state index contributed by atoms with van der Waals surface area (Å²) in [6, 6.07) is 10.3. The van der Waals surface area contributed by atoms with Crippen molar-refractivity contribution < 1.29 is 23.0 Å². The van der Waals surface area contributed by atoms with Crippen molar-refractivity contribution in [3.05, 3.63) is 42.5 Å². The van der Waals surface area contributed by atoms with Gasteiger partial charge in [0.15, 0.2) is 5.82 Å². The number of aromatic nitrogens is 2. The molecule has 0 saturated heterocycles. The van der Waals surface area contributed by atoms with Crippen LogP contribution in [0.4, 0.5) is 19.0 Å². The van der Waals surface area contributed by atoms with Crippen LogP contribution in [0.5, 0.6) is 11.5 Å². The summed E-state index contributed by atoms with van der Waals surface area (Å²) < 4.78 is 41.7. The molecule has 0 amide bonds. The molecule has 30 heavy (non-hydrogen) atoms. The first-order valence-corrected chi connectivity index (χ1v) is 9.47. The van der Waals surface area contributed by atoms with E-state index in [9.17, 15) is 18.3 Å². The maximum atomic E-state index is 12.6. The second-order valence-electron chi connectivity index (χ2n) is 7.41. The lowest BCUT2D eigenvalue weighted by atomic mass is 10.0. The normalized spacial score (nSPS) is 12.9. The molecule has 0 aliphatic rings. The summed E-state index contributed by atoms with van der Waals surface area (Å²) >= 11 is 0. The summed E-state index contributed by atoms with van der Waals surface area (Å²) in [5.74, 6) is 0.255. The van der Waals surface area contributed by atoms with Gasteiger partial charge >= 0.3 is 6.36 Å². The molecule has 0 unspecified atom stereocenters. The van der Waals surface area contributed by atoms with Gasteiger partial charge in [-0.2, -0.15) is 0 Å². The summed E-state index contributed by atoms with van der Waals surface area (Å²) in [5.41, 5.74) is 6.75. The maximum Gasteiger partial charge on any atom is 0.573 e. The minimum atomic E-state index is -4.85. The van der Waals surface area contributed by atoms with E-state index in [0.717, 1.165) is 30.0 Å². The molecule has 3 rings (SSSR count). The van der Waals surface area contributed by atoms with Gasteiger partial charge in [0.2, 0.25) is 0 Å². The first-order valence-electron chi connectivity index (χ1n) is 9.47. The van der Waals surface area contributed by atoms with E-state index in [1.165, 1.54) is 0 Å². The highest BCUT2D eigenvalue weighted by molar-refractivity contribution is 5.91. The molecule has 1 heterocycles. The van der Waals surface area contributed by atoms with Gasteiger partial charge in [0.1, 0.15) is 17.3 Å². The zero-order valence-corrected chi connectivity index (χ0v) is 16.6. The molecule has 9 heteroatoms. The van der Waals surface area contributed by atoms with Gasteiger partial charge in [-0.25, -0.2) is 9.97 Å². The van der Waals surface area contributed by atoms with Crippen LogP contribution in [0.1, 0.15) is 20.3 Å². The molecule has 4 N–H and O–H groups in total. The molecule has 0 spiro atoms. The van der Waals surface area contributed by atoms with Crippen molar-refractivity contribution >= 4 is 16.7 Å². The third kappa shape index (κ3) is 5.50. The SMILES string of the molecule is CC(C)C[C@@H](N)CNc1nc(-c2cc(OC(F)(F)F)ccc2O)nc2ccccc12. The summed E-state index contributed by atoms with van der Waals surface area (Å²) in [4.78, 5) is 8.85. The number of halogens is 3. The van der Waals surface area contributed by atoms with Gasteiger partial charge in [0.25, 0.3) is 0 Å². The Hall–Kier alpha value is -3.07. The van der Waals surface area contributed by atoms with Crippen LogP contribution in [-0.4, -0.2) is 34.0 Å². The standard InChI is InChI=1S/C21H23F3N4O2/c1-12(2)9-13(25)11-26-19-15-5-3-4-6-17(15)27-20(28-19)16-10-14(7-8-18(16)29)30-21(22,23)24/h3-8,10,12-13,29H,9,11,25H2,1-2H3,(H,26,27,28)/t13-/m1/s1. The Morgan fingerprint density at radius 3 is 2.57 bits per heavy atom. The number of ether oxygens (including phenoxy) is 1. The number of phenolic OH excluding ortho intramolecular Hbond substituents is 1. The molecule has 0 bridgehead atoms. The second kappa shape index (κ2) is 8.74. The van der Waals surface area contributed by atoms with Gasteiger partial charge in [0, 0.05) is 18.0 Å². The molecule has 6 nitrogen and oxygen atoms in total. The van der Waals surface area contributed by atoms with Crippen LogP contribution < -0.4 is 15.8 Å². The van der Waals surface area contributed by atoms with Gasteiger partial charge < -0.3 is 20.9 Å². The number of alkyl halides is 3. The summed E-state index contributed by atoms with van der Waals surface area (Å²) in [5, 5.41) is 14.2. The summed E-state index contributed by atoms with van der Waals surface area (Å²) in [6.07, 6.45) is -4.03. The number of nitrogens with zero attached hydrogens (tertiary/aromatic N) is 2. The van der Waals surface area contributed by atoms with Crippen molar-refractivity contribution in [2.75, 3.05) is 11.9 Å². The number of hydrogen-bond acceptors (Lipinski definition) is 6. The number of hydrogen-bond donors (Lipinski definition) is 3. The van der Waals surface area contributed by atoms with Crippen LogP contribution >= 0.6 is 0 Å². The monoisotopic (exact) mass is 420 g/mol. The fourth-order valence-corrected chi connectivity index (χ4v) is 3.14. The van der Waals surface area contributed by atoms with Gasteiger partial charge in [-0.15, -0.1) is 13.2 Å². The maximum absolute atomic E-state index is 12.6. The fourth-order valence-electron chi connectivity index (χ4n) is 3.14. The van der Waals surface area contributed by atoms with E-state index in [2.05, 4.69) is 33.9 Å². The molecule has 0 aliphatic heterocycles. The van der Waals surface area contributed by atoms with Gasteiger partial charge in [-0.1, -0.05) is 26.0 Å². The highest BCUT2D eigenvalue weighted by Crippen LogP contribution is 2.34. The number of rotatable bonds is 7. The van der Waals surface area contributed by atoms with Crippen LogP contribution in [0.25, 0.3) is 22.3 Å². The minimum absolute atomic E-state index is 0.0250. The Morgan fingerprint density at radius 1 is 1.13 bits per heavy atom. The van der Waals surface area contributed by atoms with Crippen molar-refractivity contribution in [2.24, 2.45) is 11.7 Å². The number of phenols is 1. The molecule has 0 fully saturated rings. The lowest BCUT2D eigenvalue weighted by molar-refractivity contribution is -0.274. The Kier molecular flexibility index (Phi) is 6.31. The zero-order valence-electron chi connectivity index (χ0n) is 16.6. The first kappa shape index (κ1) is 21.6. The zero-order chi connectivity index (χ0) is 21.9. The molecule has 0 radical (unpaired) electrons. The molecule has 1 atom stereocenters. The smallest absolute Gasteiger partial charge is 0.507 e. The molecular formula is C21H23F3N4O2. The molecular weight excluding hydrogens is 397 g/mol. The summed E-state index contributed by atoms with van der Waals surface area (Å²) in [6.45, 7) is 4.62. The quantitative estimate of drug-likeness (QED) is 0.514. The van der Waals surface area contributed by atoms with E-state index in [4.69, 9.17) is 5.73 Å². The third-order valence-electron chi connectivity index (χ3n) is 4.35. The van der Waals surface area contributed by atoms with E-state index >= 15 is 0 Å². The van der Waals surface area contributed by atoms with Crippen molar-refractivity contribution in [1.82, 2.24) is 9.97 Å². The topological polar surface area (TPSA) is 93.3 Å². The predicted molar refractivity (Wildman–Crippen MR) is 109 cm³/mol. The molecule has 0 saturated carbocycles. The number of para-hydroxylation sites is 1. The predicted octanol–water partition coefficient (Wildman–Crippen LogP) is 4.69. The lowest BCUT2D eigenvalue weighted by Crippen LogP contribution is -2.30. The van der Waals surface area contributed by atoms with Crippen LogP contribution in [-0.2, 0) is 0 Å². The van der Waals surface area contributed by atoms with E-state index in [0.29, 0.717) is 23.8 Å². The second-order valence-corrected chi connectivity index (χ2v) is 7.41. The van der Waals surface area contributed by atoms with E-state index < -0.39 is 12.1 Å². The van der Waals surface area contributed by atoms with Crippen LogP contribution in [0.3, 0.4) is 0 Å². The number of benzene rings is 2. The number of anilines is 1. The Morgan fingerprint density at radius 2 is 1.87 bits per heavy atom. The van der Waals surface area contributed by atoms with E-state index in [1.54, 1.807) is 12.1 Å². The summed E-state index contributed by atoms with van der Waals surface area (Å²) in [7, 11) is 0. The number of nitrogens with one attached hydrogen (secondary N) is 1. The van der Waals surface area contributed by atoms with Gasteiger partial charge in [0.05, 0.1) is 11.1 Å². The minimum Gasteiger partial charge on any atom is -0.507 e. The molecule has 0 aliphatic carbocycles. The Labute approximate surface area is 171 Å². The number of nitrogens with two attached hydrogens (primary N) is 1. The van der Waals surface area contributed by atoms with Crippen molar-refractivity contribution in [3.8, 4) is 22.9 Å². The highest BCUT2D eigenvalue weighted by atomic mass is 19.4.